The molecule has 0 saturated heterocycles. The molecule has 0 saturated carbocycles. The first-order valence-electron chi connectivity index (χ1n) is 5.99. The Bertz CT molecular complexity index is 399. The molecule has 0 aliphatic carbocycles. The minimum Gasteiger partial charge on any atom is -0.396 e. The average molecular weight is 365 g/mol. The fourth-order valence-corrected chi connectivity index (χ4v) is 2.28. The molecule has 5 heteroatoms. The van der Waals surface area contributed by atoms with E-state index in [9.17, 15) is 9.18 Å². The molecule has 1 amide bonds. The van der Waals surface area contributed by atoms with E-state index in [1.165, 1.54) is 18.2 Å². The van der Waals surface area contributed by atoms with Crippen molar-refractivity contribution >= 4 is 28.5 Å². The summed E-state index contributed by atoms with van der Waals surface area (Å²) >= 11 is 1.95. The molecular weight excluding hydrogens is 348 g/mol. The number of halogens is 2. The summed E-state index contributed by atoms with van der Waals surface area (Å²) in [6.07, 6.45) is 3.66. The van der Waals surface area contributed by atoms with Crippen LogP contribution in [-0.4, -0.2) is 24.2 Å². The molecule has 0 heterocycles. The Morgan fingerprint density at radius 3 is 2.67 bits per heavy atom. The number of carbonyl (C=O) groups is 1. The number of amides is 1. The van der Waals surface area contributed by atoms with Crippen LogP contribution in [0, 0.1) is 9.39 Å². The molecule has 0 unspecified atom stereocenters. The highest BCUT2D eigenvalue weighted by Gasteiger charge is 2.09. The number of carbonyl (C=O) groups excluding carboxylic acids is 1. The van der Waals surface area contributed by atoms with E-state index < -0.39 is 0 Å². The van der Waals surface area contributed by atoms with Crippen molar-refractivity contribution in [3.05, 3.63) is 33.1 Å². The van der Waals surface area contributed by atoms with Gasteiger partial charge in [0.2, 0.25) is 0 Å². The van der Waals surface area contributed by atoms with E-state index in [2.05, 4.69) is 5.32 Å². The van der Waals surface area contributed by atoms with Crippen LogP contribution < -0.4 is 5.32 Å². The lowest BCUT2D eigenvalue weighted by Gasteiger charge is -2.06. The van der Waals surface area contributed by atoms with Gasteiger partial charge in [0.25, 0.3) is 5.91 Å². The van der Waals surface area contributed by atoms with E-state index in [0.29, 0.717) is 15.7 Å². The number of nitrogens with one attached hydrogen (secondary N) is 1. The lowest BCUT2D eigenvalue weighted by atomic mass is 10.2. The molecule has 0 radical (unpaired) electrons. The number of benzene rings is 1. The number of hydrogen-bond acceptors (Lipinski definition) is 2. The van der Waals surface area contributed by atoms with Gasteiger partial charge >= 0.3 is 0 Å². The van der Waals surface area contributed by atoms with E-state index in [-0.39, 0.29) is 18.3 Å². The van der Waals surface area contributed by atoms with Crippen LogP contribution >= 0.6 is 22.6 Å². The van der Waals surface area contributed by atoms with E-state index in [0.717, 1.165) is 25.7 Å². The number of aliphatic hydroxyl groups excluding tert-OH is 1. The van der Waals surface area contributed by atoms with Gasteiger partial charge in [0.05, 0.1) is 5.56 Å². The van der Waals surface area contributed by atoms with Gasteiger partial charge in [-0.1, -0.05) is 12.8 Å². The Kier molecular flexibility index (Phi) is 7.19. The molecule has 1 rings (SSSR count). The predicted molar refractivity (Wildman–Crippen MR) is 77.0 cm³/mol. The molecular formula is C13H17FINO2. The summed E-state index contributed by atoms with van der Waals surface area (Å²) in [5, 5.41) is 11.4. The highest BCUT2D eigenvalue weighted by Crippen LogP contribution is 2.13. The van der Waals surface area contributed by atoms with Crippen molar-refractivity contribution in [2.24, 2.45) is 0 Å². The number of rotatable bonds is 7. The molecule has 0 spiro atoms. The zero-order valence-corrected chi connectivity index (χ0v) is 12.2. The fourth-order valence-electron chi connectivity index (χ4n) is 1.56. The molecule has 0 aliphatic rings. The highest BCUT2D eigenvalue weighted by atomic mass is 127. The SMILES string of the molecule is O=C(NCCCCCCO)c1ccc(F)cc1I. The zero-order chi connectivity index (χ0) is 13.4. The largest absolute Gasteiger partial charge is 0.396 e. The number of hydrogen-bond donors (Lipinski definition) is 2. The topological polar surface area (TPSA) is 49.3 Å². The predicted octanol–water partition coefficient (Wildman–Crippen LogP) is 2.71. The van der Waals surface area contributed by atoms with Gasteiger partial charge in [0, 0.05) is 16.7 Å². The Morgan fingerprint density at radius 2 is 2.00 bits per heavy atom. The van der Waals surface area contributed by atoms with Gasteiger partial charge in [-0.25, -0.2) is 4.39 Å². The van der Waals surface area contributed by atoms with Gasteiger partial charge in [-0.2, -0.15) is 0 Å². The van der Waals surface area contributed by atoms with Crippen molar-refractivity contribution in [3.63, 3.8) is 0 Å². The monoisotopic (exact) mass is 365 g/mol. The Labute approximate surface area is 120 Å². The van der Waals surface area contributed by atoms with Crippen LogP contribution in [0.3, 0.4) is 0 Å². The zero-order valence-electron chi connectivity index (χ0n) is 10.1. The van der Waals surface area contributed by atoms with Gasteiger partial charge in [-0.05, 0) is 53.6 Å². The summed E-state index contributed by atoms with van der Waals surface area (Å²) in [4.78, 5) is 11.8. The van der Waals surface area contributed by atoms with Crippen LogP contribution in [0.4, 0.5) is 4.39 Å². The van der Waals surface area contributed by atoms with E-state index >= 15 is 0 Å². The summed E-state index contributed by atoms with van der Waals surface area (Å²) in [7, 11) is 0. The van der Waals surface area contributed by atoms with E-state index in [1.807, 2.05) is 22.6 Å². The molecule has 100 valence electrons. The lowest BCUT2D eigenvalue weighted by Crippen LogP contribution is -2.25. The molecule has 2 N–H and O–H groups in total. The Balaban J connectivity index is 2.32. The molecule has 18 heavy (non-hydrogen) atoms. The van der Waals surface area contributed by atoms with Crippen molar-refractivity contribution in [2.45, 2.75) is 25.7 Å². The van der Waals surface area contributed by atoms with Crippen molar-refractivity contribution in [3.8, 4) is 0 Å². The molecule has 0 aliphatic heterocycles. The van der Waals surface area contributed by atoms with Crippen LogP contribution in [0.5, 0.6) is 0 Å². The maximum Gasteiger partial charge on any atom is 0.252 e. The third-order valence-electron chi connectivity index (χ3n) is 2.55. The van der Waals surface area contributed by atoms with Crippen LogP contribution in [0.1, 0.15) is 36.0 Å². The molecule has 0 atom stereocenters. The average Bonchev–Trinajstić information content (AvgIpc) is 2.33. The number of unbranched alkanes of at least 4 members (excludes halogenated alkanes) is 3. The minimum atomic E-state index is -0.333. The summed E-state index contributed by atoms with van der Waals surface area (Å²) in [5.41, 5.74) is 0.507. The summed E-state index contributed by atoms with van der Waals surface area (Å²) in [6.45, 7) is 0.831. The molecule has 0 aromatic heterocycles. The molecule has 3 nitrogen and oxygen atoms in total. The van der Waals surface area contributed by atoms with Crippen LogP contribution in [0.25, 0.3) is 0 Å². The van der Waals surface area contributed by atoms with Crippen LogP contribution in [0.15, 0.2) is 18.2 Å². The van der Waals surface area contributed by atoms with Crippen molar-refractivity contribution in [1.29, 1.82) is 0 Å². The quantitative estimate of drug-likeness (QED) is 0.577. The second-order valence-electron chi connectivity index (χ2n) is 4.02. The summed E-state index contributed by atoms with van der Waals surface area (Å²) < 4.78 is 13.5. The van der Waals surface area contributed by atoms with Crippen molar-refractivity contribution in [2.75, 3.05) is 13.2 Å². The van der Waals surface area contributed by atoms with Crippen LogP contribution in [0.2, 0.25) is 0 Å². The fraction of sp³-hybridized carbons (Fsp3) is 0.462. The van der Waals surface area contributed by atoms with Gasteiger partial charge in [0.1, 0.15) is 5.82 Å². The molecule has 1 aromatic rings. The van der Waals surface area contributed by atoms with Gasteiger partial charge < -0.3 is 10.4 Å². The standard InChI is InChI=1S/C13H17FINO2/c14-10-5-6-11(12(15)9-10)13(18)16-7-3-1-2-4-8-17/h5-6,9,17H,1-4,7-8H2,(H,16,18). The van der Waals surface area contributed by atoms with Gasteiger partial charge in [-0.15, -0.1) is 0 Å². The first-order chi connectivity index (χ1) is 8.65. The van der Waals surface area contributed by atoms with Gasteiger partial charge in [-0.3, -0.25) is 4.79 Å². The third kappa shape index (κ3) is 5.30. The third-order valence-corrected chi connectivity index (χ3v) is 3.44. The maximum absolute atomic E-state index is 12.9. The summed E-state index contributed by atoms with van der Waals surface area (Å²) in [5.74, 6) is -0.499. The van der Waals surface area contributed by atoms with E-state index in [4.69, 9.17) is 5.11 Å². The lowest BCUT2D eigenvalue weighted by molar-refractivity contribution is 0.0952. The van der Waals surface area contributed by atoms with Crippen LogP contribution in [-0.2, 0) is 0 Å². The Hall–Kier alpha value is -0.690. The van der Waals surface area contributed by atoms with Crippen molar-refractivity contribution < 1.29 is 14.3 Å². The highest BCUT2D eigenvalue weighted by molar-refractivity contribution is 14.1. The van der Waals surface area contributed by atoms with Crippen molar-refractivity contribution in [1.82, 2.24) is 5.32 Å². The smallest absolute Gasteiger partial charge is 0.252 e. The summed E-state index contributed by atoms with van der Waals surface area (Å²) in [6, 6.07) is 4.13. The molecule has 0 fully saturated rings. The minimum absolute atomic E-state index is 0.165. The molecule has 1 aromatic carbocycles. The number of aliphatic hydroxyl groups is 1. The second kappa shape index (κ2) is 8.42. The van der Waals surface area contributed by atoms with Gasteiger partial charge in [0.15, 0.2) is 0 Å². The first kappa shape index (κ1) is 15.4. The maximum atomic E-state index is 12.9. The Morgan fingerprint density at radius 1 is 1.28 bits per heavy atom. The van der Waals surface area contributed by atoms with E-state index in [1.54, 1.807) is 0 Å². The molecule has 0 bridgehead atoms. The first-order valence-corrected chi connectivity index (χ1v) is 7.07. The second-order valence-corrected chi connectivity index (χ2v) is 5.18. The normalized spacial score (nSPS) is 10.4.